The molecule has 0 spiro atoms. The molecule has 3 heterocycles. The van der Waals surface area contributed by atoms with Crippen LogP contribution in [0.4, 0.5) is 0 Å². The summed E-state index contributed by atoms with van der Waals surface area (Å²) in [6.07, 6.45) is 3.74. The fourth-order valence-electron chi connectivity index (χ4n) is 10.4. The Morgan fingerprint density at radius 2 is 0.864 bits per heavy atom. The van der Waals surface area contributed by atoms with Crippen molar-refractivity contribution in [2.24, 2.45) is 0 Å². The van der Waals surface area contributed by atoms with Gasteiger partial charge in [-0.3, -0.25) is 4.98 Å². The van der Waals surface area contributed by atoms with Gasteiger partial charge in [0, 0.05) is 45.4 Å². The standard InChI is InChI=1S/C61H38N4O/c1-5-17-40(18-6-1)58-63-59(41-19-7-2-8-20-41)65-60(64-58)48-32-31-47(45-25-13-14-26-46(45)48)51-38-53-55(56-50-27-15-16-28-54(50)66-57(51)56)49-30-29-42(39-33-35-62-36-34-39)37-52(49)61(53,43-21-9-3-10-22-43)44-23-11-4-12-24-44/h1-38H. The van der Waals surface area contributed by atoms with Crippen LogP contribution in [0, 0.1) is 0 Å². The highest BCUT2D eigenvalue weighted by Gasteiger charge is 2.48. The predicted octanol–water partition coefficient (Wildman–Crippen LogP) is 15.0. The van der Waals surface area contributed by atoms with E-state index in [9.17, 15) is 0 Å². The first kappa shape index (κ1) is 37.7. The molecule has 0 saturated carbocycles. The van der Waals surface area contributed by atoms with Crippen LogP contribution in [0.25, 0.3) is 100 Å². The first-order valence-corrected chi connectivity index (χ1v) is 22.3. The fourth-order valence-corrected chi connectivity index (χ4v) is 10.4. The second-order valence-electron chi connectivity index (χ2n) is 16.9. The van der Waals surface area contributed by atoms with Crippen molar-refractivity contribution in [3.05, 3.63) is 253 Å². The third kappa shape index (κ3) is 5.80. The third-order valence-corrected chi connectivity index (χ3v) is 13.3. The van der Waals surface area contributed by atoms with Crippen LogP contribution in [0.1, 0.15) is 22.3 Å². The van der Waals surface area contributed by atoms with E-state index in [1.165, 1.54) is 33.4 Å². The molecule has 308 valence electrons. The van der Waals surface area contributed by atoms with E-state index >= 15 is 0 Å². The summed E-state index contributed by atoms with van der Waals surface area (Å²) in [5.41, 5.74) is 15.4. The molecule has 0 N–H and O–H groups in total. The van der Waals surface area contributed by atoms with E-state index in [2.05, 4.69) is 163 Å². The zero-order valence-electron chi connectivity index (χ0n) is 35.6. The number of nitrogens with zero attached hydrogens (tertiary/aromatic N) is 4. The van der Waals surface area contributed by atoms with E-state index in [0.717, 1.165) is 71.7 Å². The van der Waals surface area contributed by atoms with Crippen molar-refractivity contribution in [2.75, 3.05) is 0 Å². The monoisotopic (exact) mass is 842 g/mol. The highest BCUT2D eigenvalue weighted by Crippen LogP contribution is 2.61. The Kier molecular flexibility index (Phi) is 8.68. The van der Waals surface area contributed by atoms with Crippen LogP contribution in [-0.2, 0) is 5.41 Å². The number of fused-ring (bicyclic) bond motifs is 8. The summed E-state index contributed by atoms with van der Waals surface area (Å²) in [7, 11) is 0. The molecule has 0 bridgehead atoms. The molecule has 5 heteroatoms. The molecule has 0 fully saturated rings. The van der Waals surface area contributed by atoms with Crippen LogP contribution in [0.3, 0.4) is 0 Å². The summed E-state index contributed by atoms with van der Waals surface area (Å²) in [5, 5.41) is 4.29. The molecule has 13 rings (SSSR count). The number of para-hydroxylation sites is 1. The molecular formula is C61H38N4O. The minimum Gasteiger partial charge on any atom is -0.455 e. The van der Waals surface area contributed by atoms with Gasteiger partial charge >= 0.3 is 0 Å². The molecule has 1 aliphatic rings. The number of rotatable bonds is 7. The van der Waals surface area contributed by atoms with Gasteiger partial charge in [-0.25, -0.2) is 15.0 Å². The van der Waals surface area contributed by atoms with E-state index in [4.69, 9.17) is 19.4 Å². The average molecular weight is 843 g/mol. The van der Waals surface area contributed by atoms with Crippen molar-refractivity contribution in [3.63, 3.8) is 0 Å². The highest BCUT2D eigenvalue weighted by atomic mass is 16.3. The Bertz CT molecular complexity index is 3700. The van der Waals surface area contributed by atoms with Gasteiger partial charge in [0.2, 0.25) is 0 Å². The van der Waals surface area contributed by atoms with Gasteiger partial charge < -0.3 is 4.42 Å². The van der Waals surface area contributed by atoms with Gasteiger partial charge in [-0.05, 0) is 97.2 Å². The van der Waals surface area contributed by atoms with Gasteiger partial charge in [-0.2, -0.15) is 0 Å². The lowest BCUT2D eigenvalue weighted by molar-refractivity contribution is 0.669. The van der Waals surface area contributed by atoms with Crippen LogP contribution in [-0.4, -0.2) is 19.9 Å². The molecule has 0 unspecified atom stereocenters. The van der Waals surface area contributed by atoms with E-state index < -0.39 is 5.41 Å². The smallest absolute Gasteiger partial charge is 0.164 e. The van der Waals surface area contributed by atoms with Crippen molar-refractivity contribution in [1.82, 2.24) is 19.9 Å². The zero-order chi connectivity index (χ0) is 43.6. The van der Waals surface area contributed by atoms with E-state index in [1.807, 2.05) is 73.1 Å². The number of benzene rings is 9. The van der Waals surface area contributed by atoms with Gasteiger partial charge in [0.05, 0.1) is 5.41 Å². The van der Waals surface area contributed by atoms with Crippen LogP contribution >= 0.6 is 0 Å². The molecule has 12 aromatic rings. The molecule has 0 aliphatic heterocycles. The molecule has 1 aliphatic carbocycles. The van der Waals surface area contributed by atoms with Gasteiger partial charge in [0.25, 0.3) is 0 Å². The Morgan fingerprint density at radius 1 is 0.348 bits per heavy atom. The molecule has 5 nitrogen and oxygen atoms in total. The average Bonchev–Trinajstić information content (AvgIpc) is 3.93. The van der Waals surface area contributed by atoms with Gasteiger partial charge in [-0.15, -0.1) is 0 Å². The maximum atomic E-state index is 7.10. The molecule has 0 amide bonds. The summed E-state index contributed by atoms with van der Waals surface area (Å²) in [4.78, 5) is 19.7. The van der Waals surface area contributed by atoms with Gasteiger partial charge in [-0.1, -0.05) is 182 Å². The molecule has 3 aromatic heterocycles. The van der Waals surface area contributed by atoms with Crippen molar-refractivity contribution < 1.29 is 4.42 Å². The molecule has 0 radical (unpaired) electrons. The molecule has 66 heavy (non-hydrogen) atoms. The van der Waals surface area contributed by atoms with Crippen LogP contribution in [0.2, 0.25) is 0 Å². The van der Waals surface area contributed by atoms with Crippen LogP contribution in [0.15, 0.2) is 235 Å². The summed E-state index contributed by atoms with van der Waals surface area (Å²) in [5.74, 6) is 1.86. The largest absolute Gasteiger partial charge is 0.455 e. The normalized spacial score (nSPS) is 12.7. The Labute approximate surface area is 381 Å². The maximum Gasteiger partial charge on any atom is 0.164 e. The van der Waals surface area contributed by atoms with Gasteiger partial charge in [0.15, 0.2) is 17.5 Å². The number of aromatic nitrogens is 4. The number of hydrogen-bond donors (Lipinski definition) is 0. The van der Waals surface area contributed by atoms with Crippen molar-refractivity contribution in [1.29, 1.82) is 0 Å². The fraction of sp³-hybridized carbons (Fsp3) is 0.0164. The summed E-state index contributed by atoms with van der Waals surface area (Å²) in [6.45, 7) is 0. The lowest BCUT2D eigenvalue weighted by Gasteiger charge is -2.34. The quantitative estimate of drug-likeness (QED) is 0.160. The Hall–Kier alpha value is -8.80. The summed E-state index contributed by atoms with van der Waals surface area (Å²) >= 11 is 0. The third-order valence-electron chi connectivity index (χ3n) is 13.3. The van der Waals surface area contributed by atoms with Crippen molar-refractivity contribution in [2.45, 2.75) is 5.41 Å². The molecule has 0 saturated heterocycles. The topological polar surface area (TPSA) is 64.7 Å². The van der Waals surface area contributed by atoms with E-state index in [1.54, 1.807) is 0 Å². The van der Waals surface area contributed by atoms with E-state index in [0.29, 0.717) is 17.5 Å². The number of hydrogen-bond acceptors (Lipinski definition) is 5. The molecular weight excluding hydrogens is 805 g/mol. The van der Waals surface area contributed by atoms with Crippen molar-refractivity contribution >= 4 is 32.7 Å². The SMILES string of the molecule is c1ccc(-c2nc(-c3ccccc3)nc(-c3ccc(-c4cc5c(c6c4oc4ccccc46)-c4ccc(-c6ccncc6)cc4C5(c4ccccc4)c4ccccc4)c4ccccc34)n2)cc1. The first-order valence-electron chi connectivity index (χ1n) is 22.3. The maximum absolute atomic E-state index is 7.10. The number of pyridine rings is 1. The van der Waals surface area contributed by atoms with Crippen molar-refractivity contribution in [3.8, 4) is 67.5 Å². The lowest BCUT2D eigenvalue weighted by Crippen LogP contribution is -2.28. The second-order valence-corrected chi connectivity index (χ2v) is 16.9. The molecule has 9 aromatic carbocycles. The summed E-state index contributed by atoms with van der Waals surface area (Å²) < 4.78 is 7.10. The molecule has 0 atom stereocenters. The van der Waals surface area contributed by atoms with Crippen LogP contribution in [0.5, 0.6) is 0 Å². The predicted molar refractivity (Wildman–Crippen MR) is 267 cm³/mol. The Morgan fingerprint density at radius 3 is 1.50 bits per heavy atom. The van der Waals surface area contributed by atoms with Gasteiger partial charge in [0.1, 0.15) is 11.2 Å². The second kappa shape index (κ2) is 15.2. The van der Waals surface area contributed by atoms with E-state index in [-0.39, 0.29) is 0 Å². The Balaban J connectivity index is 1.12. The zero-order valence-corrected chi connectivity index (χ0v) is 35.6. The minimum atomic E-state index is -0.681. The first-order chi connectivity index (χ1) is 32.7. The summed E-state index contributed by atoms with van der Waals surface area (Å²) in [6, 6.07) is 77.4. The van der Waals surface area contributed by atoms with Crippen LogP contribution < -0.4 is 0 Å². The lowest BCUT2D eigenvalue weighted by atomic mass is 9.67. The number of furan rings is 1. The highest BCUT2D eigenvalue weighted by molar-refractivity contribution is 6.21. The minimum absolute atomic E-state index is 0.612.